The van der Waals surface area contributed by atoms with Crippen LogP contribution in [0.1, 0.15) is 18.1 Å². The molecule has 1 aliphatic carbocycles. The summed E-state index contributed by atoms with van der Waals surface area (Å²) in [4.78, 5) is 21.8. The zero-order valence-electron chi connectivity index (χ0n) is 9.52. The van der Waals surface area contributed by atoms with Gasteiger partial charge in [-0.1, -0.05) is 0 Å². The fourth-order valence-electron chi connectivity index (χ4n) is 2.00. The van der Waals surface area contributed by atoms with Crippen molar-refractivity contribution in [3.8, 4) is 5.75 Å². The van der Waals surface area contributed by atoms with E-state index in [0.717, 1.165) is 16.7 Å². The molecule has 0 saturated carbocycles. The quantitative estimate of drug-likeness (QED) is 0.579. The number of nitrogens with zero attached hydrogens (tertiary/aromatic N) is 1. The molecule has 0 radical (unpaired) electrons. The van der Waals surface area contributed by atoms with Crippen molar-refractivity contribution in [3.05, 3.63) is 39.4 Å². The van der Waals surface area contributed by atoms with E-state index in [4.69, 9.17) is 4.74 Å². The van der Waals surface area contributed by atoms with Gasteiger partial charge in [-0.2, -0.15) is 0 Å². The molecule has 0 N–H and O–H groups in total. The molecule has 0 aromatic heterocycles. The molecule has 1 aliphatic rings. The van der Waals surface area contributed by atoms with Gasteiger partial charge in [0.1, 0.15) is 5.75 Å². The lowest BCUT2D eigenvalue weighted by Crippen LogP contribution is -2.10. The van der Waals surface area contributed by atoms with Crippen molar-refractivity contribution in [3.63, 3.8) is 0 Å². The third kappa shape index (κ3) is 1.91. The minimum atomic E-state index is -0.466. The number of carbonyl (C=O) groups excluding carboxylic acids is 1. The van der Waals surface area contributed by atoms with Crippen LogP contribution in [0, 0.1) is 10.1 Å². The number of ether oxygens (including phenoxy) is 1. The number of methoxy groups -OCH3 is 1. The highest BCUT2D eigenvalue weighted by molar-refractivity contribution is 6.02. The Kier molecular flexibility index (Phi) is 2.67. The number of nitro benzene ring substituents is 1. The third-order valence-electron chi connectivity index (χ3n) is 2.78. The predicted molar refractivity (Wildman–Crippen MR) is 62.0 cm³/mol. The Labute approximate surface area is 97.9 Å². The number of non-ortho nitro benzene ring substituents is 1. The summed E-state index contributed by atoms with van der Waals surface area (Å²) in [5.41, 5.74) is 2.15. The van der Waals surface area contributed by atoms with E-state index in [1.165, 1.54) is 25.3 Å². The van der Waals surface area contributed by atoms with Gasteiger partial charge in [0.2, 0.25) is 0 Å². The largest absolute Gasteiger partial charge is 0.496 e. The van der Waals surface area contributed by atoms with Gasteiger partial charge in [-0.3, -0.25) is 14.9 Å². The van der Waals surface area contributed by atoms with Crippen molar-refractivity contribution < 1.29 is 14.5 Å². The summed E-state index contributed by atoms with van der Waals surface area (Å²) in [6, 6.07) is 2.83. The molecule has 0 amide bonds. The third-order valence-corrected chi connectivity index (χ3v) is 2.78. The van der Waals surface area contributed by atoms with E-state index < -0.39 is 4.92 Å². The van der Waals surface area contributed by atoms with Crippen LogP contribution in [0.2, 0.25) is 0 Å². The van der Waals surface area contributed by atoms with E-state index in [1.807, 2.05) is 0 Å². The zero-order valence-corrected chi connectivity index (χ0v) is 9.52. The Bertz CT molecular complexity index is 546. The van der Waals surface area contributed by atoms with Crippen molar-refractivity contribution in [2.75, 3.05) is 7.11 Å². The fraction of sp³-hybridized carbons (Fsp3) is 0.250. The van der Waals surface area contributed by atoms with Gasteiger partial charge in [-0.05, 0) is 24.1 Å². The summed E-state index contributed by atoms with van der Waals surface area (Å²) in [5.74, 6) is 0.386. The topological polar surface area (TPSA) is 69.4 Å². The standard InChI is InChI=1S/C12H11NO4/c1-7-3-9(14)6-11-10(7)4-8(13(15)16)5-12(11)17-2/h3-5H,6H2,1-2H3. The molecular formula is C12H11NO4. The number of ketones is 1. The number of rotatable bonds is 2. The first kappa shape index (κ1) is 11.3. The van der Waals surface area contributed by atoms with Crippen LogP contribution in [0.25, 0.3) is 5.57 Å². The molecule has 2 rings (SSSR count). The Morgan fingerprint density at radius 3 is 2.71 bits per heavy atom. The van der Waals surface area contributed by atoms with Crippen LogP contribution < -0.4 is 4.74 Å². The van der Waals surface area contributed by atoms with E-state index in [2.05, 4.69) is 0 Å². The molecule has 17 heavy (non-hydrogen) atoms. The number of allylic oxidation sites excluding steroid dienone is 2. The molecule has 0 spiro atoms. The highest BCUT2D eigenvalue weighted by Gasteiger charge is 2.22. The van der Waals surface area contributed by atoms with E-state index >= 15 is 0 Å². The number of hydrogen-bond acceptors (Lipinski definition) is 4. The van der Waals surface area contributed by atoms with Gasteiger partial charge in [0.25, 0.3) is 5.69 Å². The van der Waals surface area contributed by atoms with Crippen LogP contribution in [0.15, 0.2) is 18.2 Å². The summed E-state index contributed by atoms with van der Waals surface area (Å²) in [6.07, 6.45) is 1.74. The van der Waals surface area contributed by atoms with Crippen molar-refractivity contribution >= 4 is 17.0 Å². The molecule has 5 heteroatoms. The zero-order chi connectivity index (χ0) is 12.6. The van der Waals surface area contributed by atoms with Crippen molar-refractivity contribution in [1.82, 2.24) is 0 Å². The van der Waals surface area contributed by atoms with Crippen molar-refractivity contribution in [1.29, 1.82) is 0 Å². The molecule has 0 heterocycles. The summed E-state index contributed by atoms with van der Waals surface area (Å²) in [5, 5.41) is 10.8. The number of carbonyl (C=O) groups is 1. The van der Waals surface area contributed by atoms with Crippen molar-refractivity contribution in [2.24, 2.45) is 0 Å². The number of hydrogen-bond donors (Lipinski definition) is 0. The maximum absolute atomic E-state index is 11.5. The molecular weight excluding hydrogens is 222 g/mol. The summed E-state index contributed by atoms with van der Waals surface area (Å²) in [7, 11) is 1.44. The lowest BCUT2D eigenvalue weighted by atomic mass is 9.90. The first-order valence-electron chi connectivity index (χ1n) is 5.09. The van der Waals surface area contributed by atoms with Crippen LogP contribution in [-0.2, 0) is 11.2 Å². The van der Waals surface area contributed by atoms with Crippen LogP contribution >= 0.6 is 0 Å². The van der Waals surface area contributed by atoms with E-state index in [1.54, 1.807) is 6.92 Å². The molecule has 88 valence electrons. The molecule has 0 atom stereocenters. The van der Waals surface area contributed by atoms with Crippen LogP contribution in [0.4, 0.5) is 5.69 Å². The van der Waals surface area contributed by atoms with Gasteiger partial charge in [0, 0.05) is 18.1 Å². The van der Waals surface area contributed by atoms with Gasteiger partial charge in [0.05, 0.1) is 18.1 Å². The van der Waals surface area contributed by atoms with Crippen molar-refractivity contribution in [2.45, 2.75) is 13.3 Å². The lowest BCUT2D eigenvalue weighted by molar-refractivity contribution is -0.385. The van der Waals surface area contributed by atoms with Gasteiger partial charge >= 0.3 is 0 Å². The summed E-state index contributed by atoms with van der Waals surface area (Å²) in [6.45, 7) is 1.76. The average molecular weight is 233 g/mol. The molecule has 5 nitrogen and oxygen atoms in total. The summed E-state index contributed by atoms with van der Waals surface area (Å²) >= 11 is 0. The Morgan fingerprint density at radius 2 is 2.12 bits per heavy atom. The van der Waals surface area contributed by atoms with Crippen LogP contribution in [0.5, 0.6) is 5.75 Å². The molecule has 0 aliphatic heterocycles. The second-order valence-electron chi connectivity index (χ2n) is 3.90. The second-order valence-corrected chi connectivity index (χ2v) is 3.90. The minimum Gasteiger partial charge on any atom is -0.496 e. The first-order valence-corrected chi connectivity index (χ1v) is 5.09. The lowest BCUT2D eigenvalue weighted by Gasteiger charge is -2.17. The number of benzene rings is 1. The van der Waals surface area contributed by atoms with Gasteiger partial charge < -0.3 is 4.74 Å². The van der Waals surface area contributed by atoms with Crippen LogP contribution in [0.3, 0.4) is 0 Å². The number of fused-ring (bicyclic) bond motifs is 1. The first-order chi connectivity index (χ1) is 8.02. The van der Waals surface area contributed by atoms with Crippen LogP contribution in [-0.4, -0.2) is 17.8 Å². The molecule has 0 saturated heterocycles. The smallest absolute Gasteiger partial charge is 0.273 e. The second kappa shape index (κ2) is 4.01. The fourth-order valence-corrected chi connectivity index (χ4v) is 2.00. The van der Waals surface area contributed by atoms with E-state index in [-0.39, 0.29) is 17.9 Å². The molecule has 1 aromatic rings. The average Bonchev–Trinajstić information content (AvgIpc) is 2.27. The monoisotopic (exact) mass is 233 g/mol. The molecule has 0 bridgehead atoms. The Morgan fingerprint density at radius 1 is 1.41 bits per heavy atom. The Balaban J connectivity index is 2.68. The molecule has 0 fully saturated rings. The highest BCUT2D eigenvalue weighted by atomic mass is 16.6. The molecule has 0 unspecified atom stereocenters. The summed E-state index contributed by atoms with van der Waals surface area (Å²) < 4.78 is 5.12. The maximum atomic E-state index is 11.5. The van der Waals surface area contributed by atoms with E-state index in [9.17, 15) is 14.9 Å². The Hall–Kier alpha value is -2.17. The van der Waals surface area contributed by atoms with Gasteiger partial charge in [-0.25, -0.2) is 0 Å². The van der Waals surface area contributed by atoms with Gasteiger partial charge in [-0.15, -0.1) is 0 Å². The minimum absolute atomic E-state index is 0.0119. The maximum Gasteiger partial charge on any atom is 0.273 e. The van der Waals surface area contributed by atoms with E-state index in [0.29, 0.717) is 5.75 Å². The highest BCUT2D eigenvalue weighted by Crippen LogP contribution is 2.35. The van der Waals surface area contributed by atoms with Gasteiger partial charge in [0.15, 0.2) is 5.78 Å². The molecule has 1 aromatic carbocycles. The SMILES string of the molecule is COc1cc([N+](=O)[O-])cc2c1CC(=O)C=C2C. The predicted octanol–water partition coefficient (Wildman–Crippen LogP) is 2.13. The normalized spacial score (nSPS) is 14.0. The number of nitro groups is 1.